The van der Waals surface area contributed by atoms with Gasteiger partial charge in [-0.1, -0.05) is 64.0 Å². The summed E-state index contributed by atoms with van der Waals surface area (Å²) in [6, 6.07) is 3.92. The number of hydrogen-bond acceptors (Lipinski definition) is 5. The monoisotopic (exact) mass is 394 g/mol. The zero-order valence-corrected chi connectivity index (χ0v) is 16.0. The molecule has 0 unspecified atom stereocenters. The van der Waals surface area contributed by atoms with Gasteiger partial charge in [0.2, 0.25) is 0 Å². The lowest BCUT2D eigenvalue weighted by atomic mass is 10.0. The molecular weight excluding hydrogens is 368 g/mol. The summed E-state index contributed by atoms with van der Waals surface area (Å²) < 4.78 is 67.3. The normalized spacial score (nSPS) is 12.3. The van der Waals surface area contributed by atoms with Crippen LogP contribution in [0.15, 0.2) is 23.1 Å². The summed E-state index contributed by atoms with van der Waals surface area (Å²) in [6.45, 7) is 2.16. The molecule has 0 radical (unpaired) electrons. The van der Waals surface area contributed by atoms with Crippen molar-refractivity contribution in [2.75, 3.05) is 0 Å². The summed E-state index contributed by atoms with van der Waals surface area (Å²) in [5, 5.41) is 0. The summed E-state index contributed by atoms with van der Waals surface area (Å²) >= 11 is 0. The topological polar surface area (TPSA) is 118 Å². The third-order valence-corrected chi connectivity index (χ3v) is 5.08. The van der Waals surface area contributed by atoms with Gasteiger partial charge in [0.25, 0.3) is 10.1 Å². The average molecular weight is 395 g/mol. The Morgan fingerprint density at radius 1 is 0.880 bits per heavy atom. The lowest BCUT2D eigenvalue weighted by Crippen LogP contribution is -2.12. The molecule has 0 aliphatic heterocycles. The van der Waals surface area contributed by atoms with Gasteiger partial charge in [0.1, 0.15) is 4.90 Å². The Balaban J connectivity index is 2.73. The third kappa shape index (κ3) is 8.66. The molecule has 0 saturated carbocycles. The van der Waals surface area contributed by atoms with E-state index in [-0.39, 0.29) is 0 Å². The molecule has 144 valence electrons. The maximum Gasteiger partial charge on any atom is 0.446 e. The van der Waals surface area contributed by atoms with E-state index in [1.165, 1.54) is 37.8 Å². The standard InChI is InChI=1S/C16H26O7S2/c1-2-3-4-5-6-7-8-9-11-14-12-10-13-15(24(17,18)19)16(14)23-25(20,21)22/h10,12-13H,2-9,11H2,1H3,(H,17,18,19)(H,20,21,22). The van der Waals surface area contributed by atoms with Gasteiger partial charge in [-0.25, -0.2) is 0 Å². The fraction of sp³-hybridized carbons (Fsp3) is 0.625. The van der Waals surface area contributed by atoms with Gasteiger partial charge in [-0.05, 0) is 24.5 Å². The molecule has 0 aliphatic rings. The van der Waals surface area contributed by atoms with Crippen molar-refractivity contribution in [3.8, 4) is 5.75 Å². The first-order chi connectivity index (χ1) is 11.6. The Hall–Kier alpha value is -1.16. The van der Waals surface area contributed by atoms with Crippen molar-refractivity contribution in [1.29, 1.82) is 0 Å². The first-order valence-electron chi connectivity index (χ1n) is 8.41. The summed E-state index contributed by atoms with van der Waals surface area (Å²) in [5.41, 5.74) is 0.304. The van der Waals surface area contributed by atoms with E-state index < -0.39 is 31.2 Å². The lowest BCUT2D eigenvalue weighted by molar-refractivity contribution is 0.379. The Labute approximate surface area is 150 Å². The Kier molecular flexibility index (Phi) is 8.84. The maximum atomic E-state index is 11.4. The largest absolute Gasteiger partial charge is 0.446 e. The van der Waals surface area contributed by atoms with Crippen molar-refractivity contribution >= 4 is 20.5 Å². The van der Waals surface area contributed by atoms with Crippen LogP contribution < -0.4 is 4.18 Å². The van der Waals surface area contributed by atoms with Gasteiger partial charge in [0, 0.05) is 0 Å². The van der Waals surface area contributed by atoms with Crippen LogP contribution in [0.3, 0.4) is 0 Å². The summed E-state index contributed by atoms with van der Waals surface area (Å²) in [4.78, 5) is -0.679. The molecule has 2 N–H and O–H groups in total. The average Bonchev–Trinajstić information content (AvgIpc) is 2.48. The fourth-order valence-electron chi connectivity index (χ4n) is 2.61. The Morgan fingerprint density at radius 2 is 1.44 bits per heavy atom. The molecule has 0 atom stereocenters. The van der Waals surface area contributed by atoms with Crippen LogP contribution in [0.1, 0.15) is 63.9 Å². The van der Waals surface area contributed by atoms with Crippen molar-refractivity contribution < 1.29 is 30.1 Å². The number of rotatable bonds is 12. The van der Waals surface area contributed by atoms with Crippen LogP contribution in [-0.4, -0.2) is 25.9 Å². The molecule has 0 fully saturated rings. The van der Waals surface area contributed by atoms with E-state index in [1.54, 1.807) is 0 Å². The second kappa shape index (κ2) is 10.1. The fourth-order valence-corrected chi connectivity index (χ4v) is 3.73. The SMILES string of the molecule is CCCCCCCCCCc1cccc(S(=O)(=O)O)c1OS(=O)(=O)O. The molecule has 1 rings (SSSR count). The highest BCUT2D eigenvalue weighted by Gasteiger charge is 2.23. The first kappa shape index (κ1) is 21.9. The molecule has 0 aromatic heterocycles. The zero-order chi connectivity index (χ0) is 18.9. The van der Waals surface area contributed by atoms with Gasteiger partial charge in [0.15, 0.2) is 5.75 Å². The minimum atomic E-state index is -4.91. The molecule has 7 nitrogen and oxygen atoms in total. The van der Waals surface area contributed by atoms with Crippen molar-refractivity contribution in [2.45, 2.75) is 69.6 Å². The van der Waals surface area contributed by atoms with E-state index in [2.05, 4.69) is 11.1 Å². The minimum Gasteiger partial charge on any atom is -0.360 e. The zero-order valence-electron chi connectivity index (χ0n) is 14.3. The van der Waals surface area contributed by atoms with Crippen molar-refractivity contribution in [1.82, 2.24) is 0 Å². The third-order valence-electron chi connectivity index (χ3n) is 3.83. The van der Waals surface area contributed by atoms with Gasteiger partial charge in [0.05, 0.1) is 0 Å². The molecule has 0 saturated heterocycles. The van der Waals surface area contributed by atoms with Crippen molar-refractivity contribution in [2.24, 2.45) is 0 Å². The van der Waals surface area contributed by atoms with Gasteiger partial charge in [-0.2, -0.15) is 16.8 Å². The summed E-state index contributed by atoms with van der Waals surface area (Å²) in [5.74, 6) is -0.546. The van der Waals surface area contributed by atoms with Gasteiger partial charge < -0.3 is 4.18 Å². The molecule has 0 bridgehead atoms. The molecule has 9 heteroatoms. The predicted molar refractivity (Wildman–Crippen MR) is 94.7 cm³/mol. The number of para-hydroxylation sites is 1. The highest BCUT2D eigenvalue weighted by molar-refractivity contribution is 7.86. The van der Waals surface area contributed by atoms with E-state index in [1.807, 2.05) is 0 Å². The number of aryl methyl sites for hydroxylation is 1. The second-order valence-electron chi connectivity index (χ2n) is 5.96. The Morgan fingerprint density at radius 3 is 1.96 bits per heavy atom. The lowest BCUT2D eigenvalue weighted by Gasteiger charge is -2.12. The minimum absolute atomic E-state index is 0.304. The van der Waals surface area contributed by atoms with Crippen LogP contribution in [0.4, 0.5) is 0 Å². The van der Waals surface area contributed by atoms with Crippen LogP contribution in [0, 0.1) is 0 Å². The molecule has 1 aromatic rings. The van der Waals surface area contributed by atoms with E-state index in [4.69, 9.17) is 4.55 Å². The molecule has 1 aromatic carbocycles. The van der Waals surface area contributed by atoms with E-state index in [0.29, 0.717) is 18.4 Å². The van der Waals surface area contributed by atoms with Gasteiger partial charge in [-0.15, -0.1) is 0 Å². The molecule has 0 spiro atoms. The molecule has 0 aliphatic carbocycles. The molecular formula is C16H26O7S2. The van der Waals surface area contributed by atoms with Gasteiger partial charge >= 0.3 is 10.4 Å². The summed E-state index contributed by atoms with van der Waals surface area (Å²) in [7, 11) is -9.58. The quantitative estimate of drug-likeness (QED) is 0.409. The van der Waals surface area contributed by atoms with E-state index in [0.717, 1.165) is 25.3 Å². The second-order valence-corrected chi connectivity index (χ2v) is 8.37. The maximum absolute atomic E-state index is 11.4. The van der Waals surface area contributed by atoms with Crippen LogP contribution in [0.2, 0.25) is 0 Å². The van der Waals surface area contributed by atoms with Crippen LogP contribution in [0.25, 0.3) is 0 Å². The van der Waals surface area contributed by atoms with E-state index in [9.17, 15) is 21.4 Å². The van der Waals surface area contributed by atoms with Crippen LogP contribution in [0.5, 0.6) is 5.75 Å². The molecule has 0 amide bonds. The van der Waals surface area contributed by atoms with Gasteiger partial charge in [-0.3, -0.25) is 9.11 Å². The van der Waals surface area contributed by atoms with Crippen molar-refractivity contribution in [3.63, 3.8) is 0 Å². The Bertz CT molecular complexity index is 740. The number of hydrogen-bond donors (Lipinski definition) is 2. The number of unbranched alkanes of at least 4 members (excludes halogenated alkanes) is 7. The van der Waals surface area contributed by atoms with Crippen LogP contribution in [-0.2, 0) is 26.9 Å². The van der Waals surface area contributed by atoms with Crippen LogP contribution >= 0.6 is 0 Å². The molecule has 25 heavy (non-hydrogen) atoms. The highest BCUT2D eigenvalue weighted by atomic mass is 32.3. The number of benzene rings is 1. The summed E-state index contributed by atoms with van der Waals surface area (Å²) in [6.07, 6.45) is 9.00. The van der Waals surface area contributed by atoms with Crippen molar-refractivity contribution in [3.05, 3.63) is 23.8 Å². The smallest absolute Gasteiger partial charge is 0.360 e. The van der Waals surface area contributed by atoms with E-state index >= 15 is 0 Å². The predicted octanol–water partition coefficient (Wildman–Crippen LogP) is 3.80. The molecule has 0 heterocycles. The highest BCUT2D eigenvalue weighted by Crippen LogP contribution is 2.30. The first-order valence-corrected chi connectivity index (χ1v) is 11.2.